The molecule has 0 radical (unpaired) electrons. The van der Waals surface area contributed by atoms with Crippen LogP contribution in [0.5, 0.6) is 5.75 Å². The van der Waals surface area contributed by atoms with Crippen LogP contribution >= 0.6 is 0 Å². The zero-order chi connectivity index (χ0) is 20.9. The summed E-state index contributed by atoms with van der Waals surface area (Å²) in [6.45, 7) is 5.73. The Hall–Kier alpha value is -3.15. The van der Waals surface area contributed by atoms with Crippen LogP contribution in [0.15, 0.2) is 53.3 Å². The molecule has 1 saturated heterocycles. The van der Waals surface area contributed by atoms with E-state index in [9.17, 15) is 4.79 Å². The molecule has 1 fully saturated rings. The van der Waals surface area contributed by atoms with Crippen molar-refractivity contribution in [2.75, 3.05) is 13.1 Å². The van der Waals surface area contributed by atoms with Gasteiger partial charge in [0.1, 0.15) is 23.7 Å². The van der Waals surface area contributed by atoms with Gasteiger partial charge in [-0.2, -0.15) is 0 Å². The van der Waals surface area contributed by atoms with Crippen molar-refractivity contribution in [1.82, 2.24) is 15.0 Å². The normalized spacial score (nSPS) is 14.7. The predicted molar refractivity (Wildman–Crippen MR) is 113 cm³/mol. The van der Waals surface area contributed by atoms with E-state index in [0.717, 1.165) is 43.7 Å². The van der Waals surface area contributed by atoms with Gasteiger partial charge in [-0.15, -0.1) is 0 Å². The molecule has 156 valence electrons. The van der Waals surface area contributed by atoms with Crippen LogP contribution in [0.2, 0.25) is 0 Å². The Balaban J connectivity index is 1.26. The van der Waals surface area contributed by atoms with Gasteiger partial charge in [-0.05, 0) is 62.3 Å². The third-order valence-corrected chi connectivity index (χ3v) is 5.75. The van der Waals surface area contributed by atoms with Gasteiger partial charge in [-0.25, -0.2) is 0 Å². The number of rotatable bonds is 6. The van der Waals surface area contributed by atoms with Crippen molar-refractivity contribution in [2.45, 2.75) is 39.7 Å². The van der Waals surface area contributed by atoms with Crippen molar-refractivity contribution < 1.29 is 14.1 Å². The number of piperidine rings is 1. The van der Waals surface area contributed by atoms with Crippen LogP contribution < -0.4 is 4.74 Å². The number of nitrogens with zero attached hydrogens (tertiary/aromatic N) is 3. The standard InChI is InChI=1S/C24H27N3O3/c1-17-23(18(2)30-26-17)24(28)27-13-9-20(10-14-27)15-19-3-5-21(6-4-19)16-29-22-7-11-25-12-8-22/h3-8,11-12,20H,9-10,13-16H2,1-2H3. The van der Waals surface area contributed by atoms with Gasteiger partial charge in [-0.1, -0.05) is 29.4 Å². The Kier molecular flexibility index (Phi) is 6.12. The molecular formula is C24H27N3O3. The minimum atomic E-state index is 0.0447. The highest BCUT2D eigenvalue weighted by atomic mass is 16.5. The molecule has 3 heterocycles. The van der Waals surface area contributed by atoms with Crippen LogP contribution in [0.25, 0.3) is 0 Å². The summed E-state index contributed by atoms with van der Waals surface area (Å²) in [5.41, 5.74) is 3.78. The minimum Gasteiger partial charge on any atom is -0.489 e. The SMILES string of the molecule is Cc1noc(C)c1C(=O)N1CCC(Cc2ccc(COc3ccncc3)cc2)CC1. The van der Waals surface area contributed by atoms with Gasteiger partial charge in [-0.3, -0.25) is 9.78 Å². The number of pyridine rings is 1. The molecule has 0 atom stereocenters. The van der Waals surface area contributed by atoms with Crippen molar-refractivity contribution in [3.63, 3.8) is 0 Å². The molecule has 0 N–H and O–H groups in total. The van der Waals surface area contributed by atoms with E-state index in [2.05, 4.69) is 34.4 Å². The molecule has 30 heavy (non-hydrogen) atoms. The second-order valence-corrected chi connectivity index (χ2v) is 7.93. The summed E-state index contributed by atoms with van der Waals surface area (Å²) in [4.78, 5) is 18.7. The number of amides is 1. The van der Waals surface area contributed by atoms with E-state index in [4.69, 9.17) is 9.26 Å². The number of benzene rings is 1. The fourth-order valence-corrected chi connectivity index (χ4v) is 3.99. The molecule has 1 amide bonds. The Morgan fingerprint density at radius 2 is 1.73 bits per heavy atom. The molecule has 6 nitrogen and oxygen atoms in total. The van der Waals surface area contributed by atoms with E-state index in [1.54, 1.807) is 19.3 Å². The Morgan fingerprint density at radius 3 is 2.37 bits per heavy atom. The summed E-state index contributed by atoms with van der Waals surface area (Å²) >= 11 is 0. The zero-order valence-corrected chi connectivity index (χ0v) is 17.5. The van der Waals surface area contributed by atoms with Crippen molar-refractivity contribution in [3.8, 4) is 5.75 Å². The molecule has 3 aromatic rings. The Bertz CT molecular complexity index is 955. The molecule has 6 heteroatoms. The van der Waals surface area contributed by atoms with Crippen LogP contribution in [0.3, 0.4) is 0 Å². The van der Waals surface area contributed by atoms with Gasteiger partial charge in [0.05, 0.1) is 5.69 Å². The summed E-state index contributed by atoms with van der Waals surface area (Å²) in [5.74, 6) is 2.07. The molecule has 2 aromatic heterocycles. The summed E-state index contributed by atoms with van der Waals surface area (Å²) in [7, 11) is 0. The number of hydrogen-bond donors (Lipinski definition) is 0. The van der Waals surface area contributed by atoms with Crippen LogP contribution in [-0.2, 0) is 13.0 Å². The zero-order valence-electron chi connectivity index (χ0n) is 17.5. The number of aryl methyl sites for hydroxylation is 2. The number of aromatic nitrogens is 2. The van der Waals surface area contributed by atoms with Gasteiger partial charge < -0.3 is 14.2 Å². The topological polar surface area (TPSA) is 68.5 Å². The first-order valence-electron chi connectivity index (χ1n) is 10.4. The lowest BCUT2D eigenvalue weighted by Gasteiger charge is -2.32. The van der Waals surface area contributed by atoms with E-state index in [0.29, 0.717) is 29.5 Å². The first-order chi connectivity index (χ1) is 14.6. The van der Waals surface area contributed by atoms with Crippen molar-refractivity contribution >= 4 is 5.91 Å². The molecule has 0 spiro atoms. The Morgan fingerprint density at radius 1 is 1.07 bits per heavy atom. The smallest absolute Gasteiger partial charge is 0.259 e. The largest absolute Gasteiger partial charge is 0.489 e. The average molecular weight is 405 g/mol. The fourth-order valence-electron chi connectivity index (χ4n) is 3.99. The van der Waals surface area contributed by atoms with Gasteiger partial charge in [0.15, 0.2) is 0 Å². The van der Waals surface area contributed by atoms with Gasteiger partial charge >= 0.3 is 0 Å². The number of ether oxygens (including phenoxy) is 1. The van der Waals surface area contributed by atoms with Crippen LogP contribution in [-0.4, -0.2) is 34.0 Å². The van der Waals surface area contributed by atoms with Crippen LogP contribution in [0.1, 0.15) is 45.8 Å². The van der Waals surface area contributed by atoms with Crippen molar-refractivity contribution in [2.24, 2.45) is 5.92 Å². The number of hydrogen-bond acceptors (Lipinski definition) is 5. The van der Waals surface area contributed by atoms with Crippen LogP contribution in [0, 0.1) is 19.8 Å². The maximum absolute atomic E-state index is 12.8. The highest BCUT2D eigenvalue weighted by Crippen LogP contribution is 2.25. The summed E-state index contributed by atoms with van der Waals surface area (Å²) < 4.78 is 10.9. The molecule has 0 aliphatic carbocycles. The number of likely N-dealkylation sites (tertiary alicyclic amines) is 1. The van der Waals surface area contributed by atoms with Gasteiger partial charge in [0.25, 0.3) is 5.91 Å². The van der Waals surface area contributed by atoms with E-state index >= 15 is 0 Å². The third kappa shape index (κ3) is 4.70. The lowest BCUT2D eigenvalue weighted by molar-refractivity contribution is 0.0688. The van der Waals surface area contributed by atoms with E-state index in [1.807, 2.05) is 24.0 Å². The average Bonchev–Trinajstić information content (AvgIpc) is 3.12. The lowest BCUT2D eigenvalue weighted by Crippen LogP contribution is -2.39. The first-order valence-corrected chi connectivity index (χ1v) is 10.4. The highest BCUT2D eigenvalue weighted by molar-refractivity contribution is 5.96. The monoisotopic (exact) mass is 405 g/mol. The second kappa shape index (κ2) is 9.11. The fraction of sp³-hybridized carbons (Fsp3) is 0.375. The lowest BCUT2D eigenvalue weighted by atomic mass is 9.89. The molecule has 0 saturated carbocycles. The highest BCUT2D eigenvalue weighted by Gasteiger charge is 2.27. The minimum absolute atomic E-state index is 0.0447. The number of carbonyl (C=O) groups excluding carboxylic acids is 1. The molecule has 0 unspecified atom stereocenters. The summed E-state index contributed by atoms with van der Waals surface area (Å²) in [6.07, 6.45) is 6.53. The molecule has 0 bridgehead atoms. The third-order valence-electron chi connectivity index (χ3n) is 5.75. The predicted octanol–water partition coefficient (Wildman–Crippen LogP) is 4.36. The molecule has 1 aliphatic heterocycles. The van der Waals surface area contributed by atoms with Gasteiger partial charge in [0, 0.05) is 25.5 Å². The van der Waals surface area contributed by atoms with E-state index in [-0.39, 0.29) is 5.91 Å². The molecule has 4 rings (SSSR count). The molecule has 1 aliphatic rings. The second-order valence-electron chi connectivity index (χ2n) is 7.93. The Labute approximate surface area is 176 Å². The maximum atomic E-state index is 12.8. The maximum Gasteiger partial charge on any atom is 0.259 e. The van der Waals surface area contributed by atoms with E-state index in [1.165, 1.54) is 5.56 Å². The van der Waals surface area contributed by atoms with Crippen LogP contribution in [0.4, 0.5) is 0 Å². The molecule has 1 aromatic carbocycles. The summed E-state index contributed by atoms with van der Waals surface area (Å²) in [6, 6.07) is 12.4. The summed E-state index contributed by atoms with van der Waals surface area (Å²) in [5, 5.41) is 3.91. The number of carbonyl (C=O) groups is 1. The quantitative estimate of drug-likeness (QED) is 0.609. The van der Waals surface area contributed by atoms with Crippen molar-refractivity contribution in [1.29, 1.82) is 0 Å². The first kappa shape index (κ1) is 20.1. The van der Waals surface area contributed by atoms with Gasteiger partial charge in [0.2, 0.25) is 0 Å². The molecular weight excluding hydrogens is 378 g/mol. The van der Waals surface area contributed by atoms with Crippen molar-refractivity contribution in [3.05, 3.63) is 76.9 Å². The van der Waals surface area contributed by atoms with E-state index < -0.39 is 0 Å².